The molecule has 2 fully saturated rings. The molecule has 1 unspecified atom stereocenters. The Morgan fingerprint density at radius 3 is 3.00 bits per heavy atom. The second-order valence-corrected chi connectivity index (χ2v) is 5.34. The Kier molecular flexibility index (Phi) is 1.97. The van der Waals surface area contributed by atoms with E-state index in [2.05, 4.69) is 21.4 Å². The lowest BCUT2D eigenvalue weighted by molar-refractivity contribution is 0.0212. The average molecular weight is 272 g/mol. The molecule has 0 spiro atoms. The highest BCUT2D eigenvalue weighted by Gasteiger charge is 2.59. The van der Waals surface area contributed by atoms with Gasteiger partial charge in [-0.3, -0.25) is 4.84 Å². The third kappa shape index (κ3) is 1.35. The van der Waals surface area contributed by atoms with Crippen molar-refractivity contribution in [3.05, 3.63) is 34.1 Å². The van der Waals surface area contributed by atoms with E-state index in [0.29, 0.717) is 11.5 Å². The van der Waals surface area contributed by atoms with E-state index in [4.69, 9.17) is 4.84 Å². The van der Waals surface area contributed by atoms with Crippen molar-refractivity contribution in [2.24, 2.45) is 5.92 Å². The van der Waals surface area contributed by atoms with Gasteiger partial charge in [-0.05, 0) is 31.5 Å². The van der Waals surface area contributed by atoms with Gasteiger partial charge in [0.15, 0.2) is 0 Å². The highest BCUT2D eigenvalue weighted by Crippen LogP contribution is 2.52. The number of hydroxylamine groups is 1. The van der Waals surface area contributed by atoms with Crippen molar-refractivity contribution >= 4 is 15.9 Å². The molecule has 1 aliphatic heterocycles. The SMILES string of the molecule is C[C@@]1(c2cc(Br)ccc2F)NO[C@H]2CC21. The number of hydrogen-bond acceptors (Lipinski definition) is 2. The quantitative estimate of drug-likeness (QED) is 0.848. The van der Waals surface area contributed by atoms with Crippen molar-refractivity contribution in [2.75, 3.05) is 0 Å². The number of fused-ring (bicyclic) bond motifs is 1. The third-order valence-corrected chi connectivity index (χ3v) is 3.88. The molecule has 2 aliphatic rings. The van der Waals surface area contributed by atoms with Crippen LogP contribution in [0.3, 0.4) is 0 Å². The Hall–Kier alpha value is -0.450. The van der Waals surface area contributed by atoms with E-state index in [-0.39, 0.29) is 17.5 Å². The predicted molar refractivity (Wildman–Crippen MR) is 57.6 cm³/mol. The zero-order valence-electron chi connectivity index (χ0n) is 8.26. The molecule has 0 radical (unpaired) electrons. The zero-order chi connectivity index (χ0) is 10.6. The van der Waals surface area contributed by atoms with Crippen LogP contribution in [0, 0.1) is 11.7 Å². The van der Waals surface area contributed by atoms with E-state index < -0.39 is 0 Å². The maximum Gasteiger partial charge on any atom is 0.128 e. The molecule has 1 saturated heterocycles. The molecule has 0 aromatic heterocycles. The first-order chi connectivity index (χ1) is 7.11. The van der Waals surface area contributed by atoms with Gasteiger partial charge in [-0.2, -0.15) is 5.48 Å². The number of benzene rings is 1. The van der Waals surface area contributed by atoms with Crippen LogP contribution in [-0.4, -0.2) is 6.10 Å². The fraction of sp³-hybridized carbons (Fsp3) is 0.455. The second kappa shape index (κ2) is 3.03. The highest BCUT2D eigenvalue weighted by molar-refractivity contribution is 9.10. The van der Waals surface area contributed by atoms with Crippen LogP contribution < -0.4 is 5.48 Å². The second-order valence-electron chi connectivity index (χ2n) is 4.43. The molecule has 3 atom stereocenters. The Balaban J connectivity index is 2.08. The van der Waals surface area contributed by atoms with Gasteiger partial charge in [0.1, 0.15) is 5.82 Å². The maximum atomic E-state index is 13.7. The summed E-state index contributed by atoms with van der Waals surface area (Å²) in [5, 5.41) is 0. The molecule has 0 amide bonds. The molecule has 1 saturated carbocycles. The summed E-state index contributed by atoms with van der Waals surface area (Å²) in [5.74, 6) is 0.227. The van der Waals surface area contributed by atoms with Gasteiger partial charge in [-0.25, -0.2) is 4.39 Å². The fourth-order valence-corrected chi connectivity index (χ4v) is 2.69. The van der Waals surface area contributed by atoms with Gasteiger partial charge >= 0.3 is 0 Å². The van der Waals surface area contributed by atoms with Crippen LogP contribution in [0.4, 0.5) is 4.39 Å². The number of rotatable bonds is 1. The average Bonchev–Trinajstić information content (AvgIpc) is 2.92. The minimum Gasteiger partial charge on any atom is -0.297 e. The van der Waals surface area contributed by atoms with Crippen LogP contribution in [0.25, 0.3) is 0 Å². The van der Waals surface area contributed by atoms with Crippen molar-refractivity contribution in [1.29, 1.82) is 0 Å². The molecule has 1 aliphatic carbocycles. The largest absolute Gasteiger partial charge is 0.297 e. The minimum absolute atomic E-state index is 0.177. The van der Waals surface area contributed by atoms with Gasteiger partial charge in [0.2, 0.25) is 0 Å². The summed E-state index contributed by atoms with van der Waals surface area (Å²) in [7, 11) is 0. The molecule has 80 valence electrons. The fourth-order valence-electron chi connectivity index (χ4n) is 2.33. The van der Waals surface area contributed by atoms with Gasteiger partial charge < -0.3 is 0 Å². The van der Waals surface area contributed by atoms with E-state index in [1.807, 2.05) is 13.0 Å². The lowest BCUT2D eigenvalue weighted by Gasteiger charge is -2.26. The Morgan fingerprint density at radius 1 is 1.60 bits per heavy atom. The van der Waals surface area contributed by atoms with Crippen molar-refractivity contribution in [1.82, 2.24) is 5.48 Å². The van der Waals surface area contributed by atoms with E-state index in [0.717, 1.165) is 10.9 Å². The van der Waals surface area contributed by atoms with Gasteiger partial charge in [-0.15, -0.1) is 0 Å². The van der Waals surface area contributed by atoms with Crippen molar-refractivity contribution < 1.29 is 9.23 Å². The number of hydrogen-bond donors (Lipinski definition) is 1. The molecule has 0 bridgehead atoms. The summed E-state index contributed by atoms with van der Waals surface area (Å²) in [6, 6.07) is 5.02. The number of nitrogens with one attached hydrogen (secondary N) is 1. The van der Waals surface area contributed by atoms with Crippen LogP contribution in [0.2, 0.25) is 0 Å². The van der Waals surface area contributed by atoms with E-state index >= 15 is 0 Å². The summed E-state index contributed by atoms with van der Waals surface area (Å²) in [6.45, 7) is 2.00. The zero-order valence-corrected chi connectivity index (χ0v) is 9.84. The van der Waals surface area contributed by atoms with Crippen LogP contribution >= 0.6 is 15.9 Å². The molecule has 2 nitrogen and oxygen atoms in total. The van der Waals surface area contributed by atoms with Gasteiger partial charge in [0.05, 0.1) is 11.6 Å². The summed E-state index contributed by atoms with van der Waals surface area (Å²) >= 11 is 3.37. The summed E-state index contributed by atoms with van der Waals surface area (Å²) in [6.07, 6.45) is 1.29. The normalized spacial score (nSPS) is 37.8. The molecule has 1 N–H and O–H groups in total. The Labute approximate surface area is 95.9 Å². The predicted octanol–water partition coefficient (Wildman–Crippen LogP) is 2.73. The molecular weight excluding hydrogens is 261 g/mol. The van der Waals surface area contributed by atoms with E-state index in [1.165, 1.54) is 6.07 Å². The lowest BCUT2D eigenvalue weighted by atomic mass is 9.88. The van der Waals surface area contributed by atoms with Crippen molar-refractivity contribution in [3.8, 4) is 0 Å². The van der Waals surface area contributed by atoms with Crippen LogP contribution in [0.15, 0.2) is 22.7 Å². The van der Waals surface area contributed by atoms with Crippen LogP contribution in [0.5, 0.6) is 0 Å². The molecular formula is C11H11BrFNO. The minimum atomic E-state index is -0.376. The maximum absolute atomic E-state index is 13.7. The van der Waals surface area contributed by atoms with Gasteiger partial charge in [-0.1, -0.05) is 15.9 Å². The molecule has 1 heterocycles. The van der Waals surface area contributed by atoms with Gasteiger partial charge in [0, 0.05) is 16.0 Å². The standard InChI is InChI=1S/C11H11BrFNO/c1-11(8-5-10(8)15-14-11)7-4-6(12)2-3-9(7)13/h2-4,8,10,14H,5H2,1H3/t8?,10-,11-/m0/s1. The summed E-state index contributed by atoms with van der Waals surface area (Å²) < 4.78 is 14.6. The lowest BCUT2D eigenvalue weighted by Crippen LogP contribution is -2.37. The van der Waals surface area contributed by atoms with Crippen LogP contribution in [0.1, 0.15) is 18.9 Å². The summed E-state index contributed by atoms with van der Waals surface area (Å²) in [4.78, 5) is 5.36. The molecule has 1 aromatic carbocycles. The first kappa shape index (κ1) is 9.75. The third-order valence-electron chi connectivity index (χ3n) is 3.38. The van der Waals surface area contributed by atoms with Crippen molar-refractivity contribution in [3.63, 3.8) is 0 Å². The topological polar surface area (TPSA) is 21.3 Å². The Morgan fingerprint density at radius 2 is 2.40 bits per heavy atom. The molecule has 3 rings (SSSR count). The van der Waals surface area contributed by atoms with Crippen LogP contribution in [-0.2, 0) is 10.4 Å². The molecule has 4 heteroatoms. The molecule has 1 aromatic rings. The first-order valence-electron chi connectivity index (χ1n) is 4.99. The monoisotopic (exact) mass is 271 g/mol. The van der Waals surface area contributed by atoms with Crippen molar-refractivity contribution in [2.45, 2.75) is 25.0 Å². The molecule has 15 heavy (non-hydrogen) atoms. The first-order valence-corrected chi connectivity index (χ1v) is 5.79. The van der Waals surface area contributed by atoms with E-state index in [9.17, 15) is 4.39 Å². The smallest absolute Gasteiger partial charge is 0.128 e. The Bertz CT molecular complexity index is 425. The number of halogens is 2. The summed E-state index contributed by atoms with van der Waals surface area (Å²) in [5.41, 5.74) is 3.26. The highest BCUT2D eigenvalue weighted by atomic mass is 79.9. The van der Waals surface area contributed by atoms with E-state index in [1.54, 1.807) is 6.07 Å². The van der Waals surface area contributed by atoms with Gasteiger partial charge in [0.25, 0.3) is 0 Å².